The first-order valence-corrected chi connectivity index (χ1v) is 14.0. The molecule has 8 heteroatoms. The van der Waals surface area contributed by atoms with Gasteiger partial charge >= 0.3 is 0 Å². The van der Waals surface area contributed by atoms with Crippen LogP contribution in [0.4, 0.5) is 5.69 Å². The molecule has 3 N–H and O–H groups in total. The summed E-state index contributed by atoms with van der Waals surface area (Å²) in [4.78, 5) is 8.08. The molecule has 0 radical (unpaired) electrons. The minimum atomic E-state index is -0.611. The Kier molecular flexibility index (Phi) is 7.63. The quantitative estimate of drug-likeness (QED) is 0.336. The Morgan fingerprint density at radius 1 is 1.06 bits per heavy atom. The number of H-pyrrole nitrogens is 1. The third kappa shape index (κ3) is 6.10. The highest BCUT2D eigenvalue weighted by molar-refractivity contribution is 7.99. The zero-order valence-electron chi connectivity index (χ0n) is 18.5. The van der Waals surface area contributed by atoms with Crippen LogP contribution in [0.5, 0.6) is 5.88 Å². The highest BCUT2D eigenvalue weighted by atomic mass is 35.5. The van der Waals surface area contributed by atoms with E-state index in [-0.39, 0.29) is 6.10 Å². The van der Waals surface area contributed by atoms with E-state index in [0.717, 1.165) is 62.9 Å². The van der Waals surface area contributed by atoms with Crippen LogP contribution in [0.15, 0.2) is 60.7 Å². The topological polar surface area (TPSA) is 81.0 Å². The Bertz CT molecular complexity index is 1250. The fourth-order valence-electron chi connectivity index (χ4n) is 3.55. The van der Waals surface area contributed by atoms with Gasteiger partial charge in [-0.05, 0) is 41.5 Å². The van der Waals surface area contributed by atoms with Crippen molar-refractivity contribution in [2.75, 3.05) is 29.8 Å². The molecule has 1 unspecified atom stereocenters. The van der Waals surface area contributed by atoms with Gasteiger partial charge in [0, 0.05) is 46.4 Å². The lowest BCUT2D eigenvalue weighted by Crippen LogP contribution is -2.14. The summed E-state index contributed by atoms with van der Waals surface area (Å²) in [6, 6.07) is 20.0. The molecule has 1 aliphatic heterocycles. The second kappa shape index (κ2) is 10.6. The fraction of sp³-hybridized carbons (Fsp3) is 0.240. The Morgan fingerprint density at radius 3 is 2.27 bits per heavy atom. The minimum Gasteiger partial charge on any atom is -0.475 e. The summed E-state index contributed by atoms with van der Waals surface area (Å²) < 4.78 is 15.6. The molecule has 0 bridgehead atoms. The van der Waals surface area contributed by atoms with E-state index in [2.05, 4.69) is 17.1 Å². The molecule has 2 aromatic heterocycles. The number of aromatic amines is 1. The van der Waals surface area contributed by atoms with Crippen molar-refractivity contribution in [2.45, 2.75) is 12.5 Å². The van der Waals surface area contributed by atoms with E-state index in [9.17, 15) is 4.21 Å². The molecular formula is C25H26ClN3O2S2. The average Bonchev–Trinajstić information content (AvgIpc) is 3.43. The van der Waals surface area contributed by atoms with E-state index in [1.807, 2.05) is 60.3 Å². The summed E-state index contributed by atoms with van der Waals surface area (Å²) in [5.74, 6) is 2.95. The molecule has 0 spiro atoms. The number of hydrogen-bond acceptors (Lipinski definition) is 5. The van der Waals surface area contributed by atoms with Crippen molar-refractivity contribution in [2.24, 2.45) is 0 Å². The summed E-state index contributed by atoms with van der Waals surface area (Å²) in [5, 5.41) is 0.613. The van der Waals surface area contributed by atoms with Crippen molar-refractivity contribution in [3.8, 4) is 28.3 Å². The number of halogens is 1. The first-order chi connectivity index (χ1) is 15.9. The smallest absolute Gasteiger partial charge is 0.193 e. The van der Waals surface area contributed by atoms with E-state index in [1.54, 1.807) is 12.5 Å². The van der Waals surface area contributed by atoms with Gasteiger partial charge in [-0.1, -0.05) is 48.0 Å². The van der Waals surface area contributed by atoms with Gasteiger partial charge in [-0.15, -0.1) is 0 Å². The van der Waals surface area contributed by atoms with Crippen molar-refractivity contribution in [1.29, 1.82) is 0 Å². The zero-order valence-corrected chi connectivity index (χ0v) is 20.9. The van der Waals surface area contributed by atoms with E-state index < -0.39 is 10.8 Å². The molecule has 0 saturated carbocycles. The summed E-state index contributed by atoms with van der Waals surface area (Å²) in [5.41, 5.74) is 12.3. The van der Waals surface area contributed by atoms with Gasteiger partial charge in [0.15, 0.2) is 5.88 Å². The number of nitrogens with one attached hydrogen (secondary N) is 1. The van der Waals surface area contributed by atoms with Crippen LogP contribution in [0.3, 0.4) is 0 Å². The first-order valence-electron chi connectivity index (χ1n) is 10.5. The second-order valence-corrected chi connectivity index (χ2v) is 11.0. The number of nitrogen functional groups attached to an aromatic ring is 1. The van der Waals surface area contributed by atoms with Crippen molar-refractivity contribution < 1.29 is 8.95 Å². The standard InChI is InChI=1S/C23H20ClN3OS.C2H6OS/c24-19-11-20-21(12-22(26-20)28-18-9-10-29-13-18)27-23(19)16-3-1-14(2-4-16)15-5-7-17(25)8-6-15;1-4(2)3/h1-8,11-12,18,26H,9-10,13,25H2;1-2H3. The number of hydrogen-bond donors (Lipinski definition) is 2. The number of nitrogens with two attached hydrogens (primary N) is 1. The van der Waals surface area contributed by atoms with Crippen LogP contribution in [0.1, 0.15) is 6.42 Å². The highest BCUT2D eigenvalue weighted by Crippen LogP contribution is 2.33. The van der Waals surface area contributed by atoms with Gasteiger partial charge in [0.1, 0.15) is 6.10 Å². The van der Waals surface area contributed by atoms with Crippen LogP contribution >= 0.6 is 23.4 Å². The molecule has 1 aliphatic rings. The van der Waals surface area contributed by atoms with Gasteiger partial charge in [0.2, 0.25) is 0 Å². The molecule has 172 valence electrons. The third-order valence-electron chi connectivity index (χ3n) is 5.12. The van der Waals surface area contributed by atoms with Gasteiger partial charge in [0.05, 0.1) is 21.7 Å². The summed E-state index contributed by atoms with van der Waals surface area (Å²) in [7, 11) is -0.611. The molecule has 4 aromatic rings. The number of anilines is 1. The van der Waals surface area contributed by atoms with E-state index >= 15 is 0 Å². The predicted molar refractivity (Wildman–Crippen MR) is 143 cm³/mol. The molecule has 0 amide bonds. The number of thioether (sulfide) groups is 1. The van der Waals surface area contributed by atoms with Crippen LogP contribution in [0, 0.1) is 0 Å². The fourth-order valence-corrected chi connectivity index (χ4v) is 4.91. The molecule has 5 nitrogen and oxygen atoms in total. The van der Waals surface area contributed by atoms with Crippen molar-refractivity contribution in [3.05, 3.63) is 65.7 Å². The lowest BCUT2D eigenvalue weighted by atomic mass is 10.0. The Morgan fingerprint density at radius 2 is 1.67 bits per heavy atom. The molecule has 0 aliphatic carbocycles. The van der Waals surface area contributed by atoms with Gasteiger partial charge in [0.25, 0.3) is 0 Å². The van der Waals surface area contributed by atoms with Crippen molar-refractivity contribution in [1.82, 2.24) is 9.97 Å². The maximum Gasteiger partial charge on any atom is 0.193 e. The van der Waals surface area contributed by atoms with Crippen molar-refractivity contribution in [3.63, 3.8) is 0 Å². The molecule has 1 fully saturated rings. The normalized spacial score (nSPS) is 15.5. The highest BCUT2D eigenvalue weighted by Gasteiger charge is 2.18. The van der Waals surface area contributed by atoms with Crippen molar-refractivity contribution >= 4 is 50.9 Å². The van der Waals surface area contributed by atoms with Crippen LogP contribution in [-0.2, 0) is 10.8 Å². The lowest BCUT2D eigenvalue weighted by molar-refractivity contribution is 0.222. The van der Waals surface area contributed by atoms with E-state index in [1.165, 1.54) is 0 Å². The molecule has 1 atom stereocenters. The third-order valence-corrected chi connectivity index (χ3v) is 6.54. The van der Waals surface area contributed by atoms with Gasteiger partial charge in [-0.2, -0.15) is 11.8 Å². The molecule has 33 heavy (non-hydrogen) atoms. The summed E-state index contributed by atoms with van der Waals surface area (Å²) >= 11 is 8.48. The molecule has 1 saturated heterocycles. The Balaban J connectivity index is 0.000000601. The number of rotatable bonds is 4. The minimum absolute atomic E-state index is 0.267. The van der Waals surface area contributed by atoms with Crippen LogP contribution < -0.4 is 10.5 Å². The van der Waals surface area contributed by atoms with E-state index in [0.29, 0.717) is 5.02 Å². The zero-order chi connectivity index (χ0) is 23.4. The molecule has 2 aromatic carbocycles. The van der Waals surface area contributed by atoms with Crippen LogP contribution in [0.2, 0.25) is 5.02 Å². The predicted octanol–water partition coefficient (Wildman–Crippen LogP) is 6.01. The van der Waals surface area contributed by atoms with Gasteiger partial charge in [-0.3, -0.25) is 4.21 Å². The SMILES string of the molecule is CS(C)=O.Nc1ccc(-c2ccc(-c3nc4cc(OC5CCSC5)[nH]c4cc3Cl)cc2)cc1. The monoisotopic (exact) mass is 499 g/mol. The largest absolute Gasteiger partial charge is 0.475 e. The second-order valence-electron chi connectivity index (χ2n) is 7.93. The first kappa shape index (κ1) is 23.7. The molecular weight excluding hydrogens is 474 g/mol. The van der Waals surface area contributed by atoms with Gasteiger partial charge < -0.3 is 15.5 Å². The molecule has 3 heterocycles. The number of aromatic nitrogens is 2. The molecule has 5 rings (SSSR count). The Hall–Kier alpha value is -2.48. The van der Waals surface area contributed by atoms with Crippen LogP contribution in [0.25, 0.3) is 33.4 Å². The number of nitrogens with zero attached hydrogens (tertiary/aromatic N) is 1. The number of fused-ring (bicyclic) bond motifs is 1. The number of benzene rings is 2. The maximum absolute atomic E-state index is 9.56. The average molecular weight is 500 g/mol. The van der Waals surface area contributed by atoms with Crippen LogP contribution in [-0.4, -0.2) is 44.3 Å². The summed E-state index contributed by atoms with van der Waals surface area (Å²) in [6.07, 6.45) is 4.63. The van der Waals surface area contributed by atoms with Gasteiger partial charge in [-0.25, -0.2) is 4.98 Å². The number of pyridine rings is 1. The van der Waals surface area contributed by atoms with E-state index in [4.69, 9.17) is 27.1 Å². The lowest BCUT2D eigenvalue weighted by Gasteiger charge is -2.09. The summed E-state index contributed by atoms with van der Waals surface area (Å²) in [6.45, 7) is 0. The number of ether oxygens (including phenoxy) is 1. The Labute approximate surface area is 205 Å². The maximum atomic E-state index is 9.56.